The Morgan fingerprint density at radius 1 is 1.00 bits per heavy atom. The number of hydrogen-bond acceptors (Lipinski definition) is 4. The van der Waals surface area contributed by atoms with Crippen LogP contribution >= 0.6 is 0 Å². The van der Waals surface area contributed by atoms with Crippen molar-refractivity contribution < 1.29 is 0 Å². The lowest BCUT2D eigenvalue weighted by Gasteiger charge is -2.13. The minimum Gasteiger partial charge on any atom is -0.399 e. The molecule has 86 valence electrons. The van der Waals surface area contributed by atoms with Crippen molar-refractivity contribution in [2.24, 2.45) is 0 Å². The molecule has 4 heteroatoms. The first-order valence-corrected chi connectivity index (χ1v) is 5.91. The van der Waals surface area contributed by atoms with E-state index < -0.39 is 0 Å². The molecule has 3 rings (SSSR count). The summed E-state index contributed by atoms with van der Waals surface area (Å²) in [6.07, 6.45) is 4.41. The van der Waals surface area contributed by atoms with Gasteiger partial charge in [0.25, 0.3) is 0 Å². The highest BCUT2D eigenvalue weighted by Crippen LogP contribution is 2.21. The van der Waals surface area contributed by atoms with E-state index in [1.807, 2.05) is 24.3 Å². The molecule has 1 aliphatic carbocycles. The van der Waals surface area contributed by atoms with Gasteiger partial charge in [-0.3, -0.25) is 0 Å². The summed E-state index contributed by atoms with van der Waals surface area (Å²) < 4.78 is 0. The standard InChI is InChI=1S/C13H14N4/c14-10-5-3-4-9(8-10)13-15-11-6-1-2-7-12(11)16-17-13/h3-5,8H,1-2,6-7,14H2. The zero-order valence-corrected chi connectivity index (χ0v) is 9.56. The lowest BCUT2D eigenvalue weighted by atomic mass is 10.0. The minimum absolute atomic E-state index is 0.679. The fraction of sp³-hybridized carbons (Fsp3) is 0.308. The number of nitrogen functional groups attached to an aromatic ring is 1. The molecule has 0 amide bonds. The molecule has 0 fully saturated rings. The van der Waals surface area contributed by atoms with E-state index in [2.05, 4.69) is 15.2 Å². The van der Waals surface area contributed by atoms with Gasteiger partial charge in [-0.2, -0.15) is 5.10 Å². The van der Waals surface area contributed by atoms with Crippen molar-refractivity contribution in [3.05, 3.63) is 35.7 Å². The second-order valence-corrected chi connectivity index (χ2v) is 4.36. The van der Waals surface area contributed by atoms with Crippen molar-refractivity contribution in [2.45, 2.75) is 25.7 Å². The van der Waals surface area contributed by atoms with Gasteiger partial charge in [-0.25, -0.2) is 4.98 Å². The third kappa shape index (κ3) is 1.98. The largest absolute Gasteiger partial charge is 0.399 e. The van der Waals surface area contributed by atoms with E-state index in [0.717, 1.165) is 35.5 Å². The van der Waals surface area contributed by atoms with Crippen LogP contribution in [0.3, 0.4) is 0 Å². The van der Waals surface area contributed by atoms with E-state index in [9.17, 15) is 0 Å². The zero-order valence-electron chi connectivity index (χ0n) is 9.56. The zero-order chi connectivity index (χ0) is 11.7. The molecule has 17 heavy (non-hydrogen) atoms. The number of nitrogens with two attached hydrogens (primary N) is 1. The number of anilines is 1. The summed E-state index contributed by atoms with van der Waals surface area (Å²) in [5.74, 6) is 0.679. The Labute approximate surface area is 99.9 Å². The van der Waals surface area contributed by atoms with Crippen molar-refractivity contribution in [1.82, 2.24) is 15.2 Å². The van der Waals surface area contributed by atoms with Crippen molar-refractivity contribution >= 4 is 5.69 Å². The van der Waals surface area contributed by atoms with Crippen LogP contribution in [0.15, 0.2) is 24.3 Å². The van der Waals surface area contributed by atoms with Crippen molar-refractivity contribution in [1.29, 1.82) is 0 Å². The van der Waals surface area contributed by atoms with E-state index in [4.69, 9.17) is 5.73 Å². The van der Waals surface area contributed by atoms with Gasteiger partial charge < -0.3 is 5.73 Å². The van der Waals surface area contributed by atoms with Gasteiger partial charge in [0.15, 0.2) is 5.82 Å². The van der Waals surface area contributed by atoms with Gasteiger partial charge in [0, 0.05) is 11.3 Å². The molecular formula is C13H14N4. The van der Waals surface area contributed by atoms with Crippen LogP contribution in [-0.4, -0.2) is 15.2 Å². The third-order valence-electron chi connectivity index (χ3n) is 3.06. The Balaban J connectivity index is 2.04. The molecule has 4 nitrogen and oxygen atoms in total. The van der Waals surface area contributed by atoms with Crippen molar-refractivity contribution in [2.75, 3.05) is 5.73 Å². The van der Waals surface area contributed by atoms with E-state index >= 15 is 0 Å². The molecule has 0 spiro atoms. The Kier molecular flexibility index (Phi) is 2.48. The summed E-state index contributed by atoms with van der Waals surface area (Å²) in [5.41, 5.74) is 9.58. The quantitative estimate of drug-likeness (QED) is 0.755. The third-order valence-corrected chi connectivity index (χ3v) is 3.06. The molecule has 2 aromatic rings. The molecule has 1 aromatic carbocycles. The summed E-state index contributed by atoms with van der Waals surface area (Å²) in [6, 6.07) is 7.61. The van der Waals surface area contributed by atoms with Crippen LogP contribution in [0.5, 0.6) is 0 Å². The van der Waals surface area contributed by atoms with Crippen LogP contribution in [0.2, 0.25) is 0 Å². The molecule has 2 N–H and O–H groups in total. The van der Waals surface area contributed by atoms with E-state index in [1.165, 1.54) is 12.8 Å². The van der Waals surface area contributed by atoms with Gasteiger partial charge in [0.05, 0.1) is 11.4 Å². The van der Waals surface area contributed by atoms with Crippen molar-refractivity contribution in [3.63, 3.8) is 0 Å². The number of hydrogen-bond donors (Lipinski definition) is 1. The van der Waals surface area contributed by atoms with Crippen LogP contribution < -0.4 is 5.73 Å². The number of aryl methyl sites for hydroxylation is 2. The lowest BCUT2D eigenvalue weighted by molar-refractivity contribution is 0.634. The molecule has 1 aromatic heterocycles. The first kappa shape index (κ1) is 10.2. The minimum atomic E-state index is 0.679. The number of nitrogens with zero attached hydrogens (tertiary/aromatic N) is 3. The molecular weight excluding hydrogens is 212 g/mol. The second-order valence-electron chi connectivity index (χ2n) is 4.36. The highest BCUT2D eigenvalue weighted by atomic mass is 15.2. The number of rotatable bonds is 1. The maximum absolute atomic E-state index is 5.76. The van der Waals surface area contributed by atoms with E-state index in [-0.39, 0.29) is 0 Å². The van der Waals surface area contributed by atoms with Crippen LogP contribution in [0.4, 0.5) is 5.69 Å². The Hall–Kier alpha value is -1.97. The molecule has 0 radical (unpaired) electrons. The highest BCUT2D eigenvalue weighted by Gasteiger charge is 2.14. The van der Waals surface area contributed by atoms with Crippen LogP contribution in [0.25, 0.3) is 11.4 Å². The summed E-state index contributed by atoms with van der Waals surface area (Å²) in [7, 11) is 0. The molecule has 0 unspecified atom stereocenters. The van der Waals surface area contributed by atoms with Gasteiger partial charge in [-0.1, -0.05) is 12.1 Å². The average molecular weight is 226 g/mol. The number of aromatic nitrogens is 3. The molecule has 0 atom stereocenters. The highest BCUT2D eigenvalue weighted by molar-refractivity contribution is 5.60. The Bertz CT molecular complexity index is 551. The first-order valence-electron chi connectivity index (χ1n) is 5.91. The number of fused-ring (bicyclic) bond motifs is 1. The predicted molar refractivity (Wildman–Crippen MR) is 66.3 cm³/mol. The molecule has 0 saturated carbocycles. The first-order chi connectivity index (χ1) is 8.33. The summed E-state index contributed by atoms with van der Waals surface area (Å²) in [4.78, 5) is 4.60. The monoisotopic (exact) mass is 226 g/mol. The van der Waals surface area contributed by atoms with Gasteiger partial charge in [-0.15, -0.1) is 5.10 Å². The second kappa shape index (κ2) is 4.13. The van der Waals surface area contributed by atoms with Crippen LogP contribution in [0, 0.1) is 0 Å². The summed E-state index contributed by atoms with van der Waals surface area (Å²) in [6.45, 7) is 0. The summed E-state index contributed by atoms with van der Waals surface area (Å²) >= 11 is 0. The predicted octanol–water partition coefficient (Wildman–Crippen LogP) is 2.00. The maximum atomic E-state index is 5.76. The van der Waals surface area contributed by atoms with Gasteiger partial charge in [-0.05, 0) is 37.8 Å². The molecule has 1 heterocycles. The SMILES string of the molecule is Nc1cccc(-c2nnc3c(n2)CCCC3)c1. The fourth-order valence-electron chi connectivity index (χ4n) is 2.16. The average Bonchev–Trinajstić information content (AvgIpc) is 2.38. The lowest BCUT2D eigenvalue weighted by Crippen LogP contribution is -2.10. The topological polar surface area (TPSA) is 64.7 Å². The van der Waals surface area contributed by atoms with E-state index in [0.29, 0.717) is 5.82 Å². The molecule has 1 aliphatic rings. The smallest absolute Gasteiger partial charge is 0.182 e. The van der Waals surface area contributed by atoms with E-state index in [1.54, 1.807) is 0 Å². The number of benzene rings is 1. The molecule has 0 saturated heterocycles. The van der Waals surface area contributed by atoms with Gasteiger partial charge >= 0.3 is 0 Å². The van der Waals surface area contributed by atoms with Gasteiger partial charge in [0.2, 0.25) is 0 Å². The van der Waals surface area contributed by atoms with Crippen molar-refractivity contribution in [3.8, 4) is 11.4 Å². The fourth-order valence-corrected chi connectivity index (χ4v) is 2.16. The maximum Gasteiger partial charge on any atom is 0.182 e. The molecule has 0 bridgehead atoms. The van der Waals surface area contributed by atoms with Gasteiger partial charge in [0.1, 0.15) is 0 Å². The molecule has 0 aliphatic heterocycles. The van der Waals surface area contributed by atoms with Crippen LogP contribution in [0.1, 0.15) is 24.2 Å². The Morgan fingerprint density at radius 2 is 1.82 bits per heavy atom. The summed E-state index contributed by atoms with van der Waals surface area (Å²) in [5, 5.41) is 8.46. The van der Waals surface area contributed by atoms with Crippen LogP contribution in [-0.2, 0) is 12.8 Å². The normalized spacial score (nSPS) is 14.4. The Morgan fingerprint density at radius 3 is 2.65 bits per heavy atom.